The number of carbonyl (C=O) groups is 2. The van der Waals surface area contributed by atoms with Gasteiger partial charge >= 0.3 is 0 Å². The maximum Gasteiger partial charge on any atom is 0.228 e. The van der Waals surface area contributed by atoms with Crippen molar-refractivity contribution >= 4 is 11.8 Å². The van der Waals surface area contributed by atoms with E-state index in [-0.39, 0.29) is 23.8 Å². The van der Waals surface area contributed by atoms with E-state index in [2.05, 4.69) is 24.1 Å². The number of piperazine rings is 1. The number of hydrogen-bond acceptors (Lipinski definition) is 4. The molecule has 1 aromatic carbocycles. The number of methoxy groups -OCH3 is 1. The van der Waals surface area contributed by atoms with E-state index in [9.17, 15) is 9.59 Å². The Balaban J connectivity index is 1.42. The second-order valence-electron chi connectivity index (χ2n) is 8.80. The van der Waals surface area contributed by atoms with Gasteiger partial charge in [-0.3, -0.25) is 14.5 Å². The molecule has 6 nitrogen and oxygen atoms in total. The fraction of sp³-hybridized carbons (Fsp3) is 0.652. The van der Waals surface area contributed by atoms with Crippen molar-refractivity contribution in [3.8, 4) is 5.75 Å². The van der Waals surface area contributed by atoms with Crippen molar-refractivity contribution < 1.29 is 14.3 Å². The van der Waals surface area contributed by atoms with Gasteiger partial charge < -0.3 is 14.5 Å². The van der Waals surface area contributed by atoms with Gasteiger partial charge in [0.15, 0.2) is 0 Å². The maximum atomic E-state index is 13.3. The van der Waals surface area contributed by atoms with Gasteiger partial charge in [0, 0.05) is 38.6 Å². The first-order chi connectivity index (χ1) is 14.1. The molecular formula is C23H33N3O3. The molecule has 0 spiro atoms. The Labute approximate surface area is 173 Å². The number of hydrogen-bond donors (Lipinski definition) is 0. The Morgan fingerprint density at radius 3 is 2.66 bits per heavy atom. The van der Waals surface area contributed by atoms with E-state index in [1.807, 2.05) is 21.9 Å². The molecule has 4 rings (SSSR count). The van der Waals surface area contributed by atoms with Crippen LogP contribution in [0.25, 0.3) is 0 Å². The highest BCUT2D eigenvalue weighted by molar-refractivity contribution is 5.89. The molecule has 6 heteroatoms. The molecule has 0 aromatic heterocycles. The first-order valence-corrected chi connectivity index (χ1v) is 11.0. The molecule has 3 aliphatic rings. The normalized spacial score (nSPS) is 26.8. The van der Waals surface area contributed by atoms with Gasteiger partial charge in [0.05, 0.1) is 19.1 Å². The zero-order valence-electron chi connectivity index (χ0n) is 17.7. The number of ether oxygens (including phenoxy) is 1. The fourth-order valence-electron chi connectivity index (χ4n) is 5.18. The summed E-state index contributed by atoms with van der Waals surface area (Å²) in [4.78, 5) is 32.2. The summed E-state index contributed by atoms with van der Waals surface area (Å²) in [5.41, 5.74) is 1.16. The molecule has 158 valence electrons. The molecule has 0 bridgehead atoms. The van der Waals surface area contributed by atoms with E-state index in [0.29, 0.717) is 25.6 Å². The Morgan fingerprint density at radius 1 is 1.10 bits per heavy atom. The van der Waals surface area contributed by atoms with Crippen LogP contribution < -0.4 is 4.74 Å². The zero-order valence-corrected chi connectivity index (χ0v) is 17.7. The molecule has 0 N–H and O–H groups in total. The van der Waals surface area contributed by atoms with Crippen molar-refractivity contribution in [1.82, 2.24) is 14.7 Å². The minimum absolute atomic E-state index is 0.148. The van der Waals surface area contributed by atoms with Crippen LogP contribution >= 0.6 is 0 Å². The van der Waals surface area contributed by atoms with E-state index < -0.39 is 0 Å². The van der Waals surface area contributed by atoms with Gasteiger partial charge in [-0.1, -0.05) is 31.4 Å². The Morgan fingerprint density at radius 2 is 1.90 bits per heavy atom. The third kappa shape index (κ3) is 4.27. The van der Waals surface area contributed by atoms with Crippen molar-refractivity contribution in [2.24, 2.45) is 5.92 Å². The third-order valence-electron chi connectivity index (χ3n) is 6.96. The summed E-state index contributed by atoms with van der Waals surface area (Å²) in [6.45, 7) is 2.83. The topological polar surface area (TPSA) is 53.1 Å². The van der Waals surface area contributed by atoms with Crippen molar-refractivity contribution in [3.05, 3.63) is 29.8 Å². The van der Waals surface area contributed by atoms with Crippen LogP contribution in [0.4, 0.5) is 0 Å². The second-order valence-corrected chi connectivity index (χ2v) is 8.80. The molecule has 2 atom stereocenters. The van der Waals surface area contributed by atoms with Crippen molar-refractivity contribution in [3.63, 3.8) is 0 Å². The van der Waals surface area contributed by atoms with Gasteiger partial charge in [-0.15, -0.1) is 0 Å². The average Bonchev–Trinajstić information content (AvgIpc) is 3.16. The van der Waals surface area contributed by atoms with Crippen LogP contribution in [-0.2, 0) is 9.59 Å². The highest BCUT2D eigenvalue weighted by Gasteiger charge is 2.41. The van der Waals surface area contributed by atoms with E-state index in [1.165, 1.54) is 19.3 Å². The average molecular weight is 400 g/mol. The minimum Gasteiger partial charge on any atom is -0.497 e. The standard InChI is InChI=1S/C23H33N3O3/c1-24-11-12-25(16-21(24)17-7-6-10-20(13-17)29-2)23(28)18-14-22(27)26(15-18)19-8-4-3-5-9-19/h6-7,10,13,18-19,21H,3-5,8-9,11-12,14-16H2,1-2H3. The molecule has 1 aliphatic carbocycles. The molecule has 2 aliphatic heterocycles. The van der Waals surface area contributed by atoms with Crippen LogP contribution in [0.5, 0.6) is 5.75 Å². The lowest BCUT2D eigenvalue weighted by atomic mass is 9.94. The van der Waals surface area contributed by atoms with E-state index in [1.54, 1.807) is 7.11 Å². The van der Waals surface area contributed by atoms with Crippen LogP contribution in [0.1, 0.15) is 50.1 Å². The molecule has 0 radical (unpaired) electrons. The zero-order chi connectivity index (χ0) is 20.4. The van der Waals surface area contributed by atoms with Gasteiger partial charge in [-0.2, -0.15) is 0 Å². The molecular weight excluding hydrogens is 366 g/mol. The largest absolute Gasteiger partial charge is 0.497 e. The first kappa shape index (κ1) is 20.2. The summed E-state index contributed by atoms with van der Waals surface area (Å²) < 4.78 is 5.38. The summed E-state index contributed by atoms with van der Waals surface area (Å²) in [6.07, 6.45) is 6.25. The van der Waals surface area contributed by atoms with Crippen molar-refractivity contribution in [1.29, 1.82) is 0 Å². The van der Waals surface area contributed by atoms with Gasteiger partial charge in [-0.05, 0) is 37.6 Å². The molecule has 2 unspecified atom stereocenters. The number of likely N-dealkylation sites (tertiary alicyclic amines) is 1. The Bertz CT molecular complexity index is 747. The van der Waals surface area contributed by atoms with Crippen molar-refractivity contribution in [2.45, 2.75) is 50.6 Å². The molecule has 1 aromatic rings. The van der Waals surface area contributed by atoms with Crippen LogP contribution in [0, 0.1) is 5.92 Å². The Kier molecular flexibility index (Phi) is 6.09. The van der Waals surface area contributed by atoms with Gasteiger partial charge in [0.2, 0.25) is 11.8 Å². The molecule has 1 saturated carbocycles. The molecule has 2 heterocycles. The van der Waals surface area contributed by atoms with E-state index in [4.69, 9.17) is 4.74 Å². The van der Waals surface area contributed by atoms with Gasteiger partial charge in [0.25, 0.3) is 0 Å². The molecule has 2 amide bonds. The third-order valence-corrected chi connectivity index (χ3v) is 6.96. The fourth-order valence-corrected chi connectivity index (χ4v) is 5.18. The predicted octanol–water partition coefficient (Wildman–Crippen LogP) is 2.69. The number of carbonyl (C=O) groups excluding carboxylic acids is 2. The first-order valence-electron chi connectivity index (χ1n) is 11.0. The van der Waals surface area contributed by atoms with Gasteiger partial charge in [-0.25, -0.2) is 0 Å². The smallest absolute Gasteiger partial charge is 0.228 e. The maximum absolute atomic E-state index is 13.3. The number of rotatable bonds is 4. The summed E-state index contributed by atoms with van der Waals surface area (Å²) in [7, 11) is 3.78. The number of benzene rings is 1. The lowest BCUT2D eigenvalue weighted by molar-refractivity contribution is -0.138. The van der Waals surface area contributed by atoms with Crippen LogP contribution in [0.3, 0.4) is 0 Å². The summed E-state index contributed by atoms with van der Waals surface area (Å²) in [6, 6.07) is 8.60. The molecule has 2 saturated heterocycles. The van der Waals surface area contributed by atoms with Crippen LogP contribution in [-0.4, -0.2) is 72.9 Å². The highest BCUT2D eigenvalue weighted by atomic mass is 16.5. The van der Waals surface area contributed by atoms with E-state index in [0.717, 1.165) is 37.2 Å². The summed E-state index contributed by atoms with van der Waals surface area (Å²) in [5, 5.41) is 0. The van der Waals surface area contributed by atoms with Crippen LogP contribution in [0.15, 0.2) is 24.3 Å². The highest BCUT2D eigenvalue weighted by Crippen LogP contribution is 2.31. The monoisotopic (exact) mass is 399 g/mol. The van der Waals surface area contributed by atoms with Gasteiger partial charge in [0.1, 0.15) is 5.75 Å². The molecule has 3 fully saturated rings. The van der Waals surface area contributed by atoms with Crippen molar-refractivity contribution in [2.75, 3.05) is 40.3 Å². The quantitative estimate of drug-likeness (QED) is 0.781. The number of likely N-dealkylation sites (N-methyl/N-ethyl adjacent to an activating group) is 1. The molecule has 29 heavy (non-hydrogen) atoms. The Hall–Kier alpha value is -2.08. The second kappa shape index (κ2) is 8.74. The minimum atomic E-state index is -0.182. The summed E-state index contributed by atoms with van der Waals surface area (Å²) in [5.74, 6) is 0.981. The SMILES string of the molecule is COc1cccc(C2CN(C(=O)C3CC(=O)N(C4CCCCC4)C3)CCN2C)c1. The van der Waals surface area contributed by atoms with Crippen LogP contribution in [0.2, 0.25) is 0 Å². The number of nitrogens with zero attached hydrogens (tertiary/aromatic N) is 3. The predicted molar refractivity (Wildman–Crippen MR) is 112 cm³/mol. The number of amides is 2. The lowest BCUT2D eigenvalue weighted by Crippen LogP contribution is -2.51. The lowest BCUT2D eigenvalue weighted by Gasteiger charge is -2.40. The van der Waals surface area contributed by atoms with E-state index >= 15 is 0 Å². The summed E-state index contributed by atoms with van der Waals surface area (Å²) >= 11 is 0.